The highest BCUT2D eigenvalue weighted by Crippen LogP contribution is 2.15. The summed E-state index contributed by atoms with van der Waals surface area (Å²) in [6.45, 7) is 4.54. The molecule has 0 aromatic carbocycles. The highest BCUT2D eigenvalue weighted by atomic mass is 32.2. The predicted octanol–water partition coefficient (Wildman–Crippen LogP) is 15.6. The molecule has 0 heterocycles. The minimum Gasteiger partial charge on any atom is -0.387 e. The first-order valence-electron chi connectivity index (χ1n) is 25.0. The van der Waals surface area contributed by atoms with E-state index in [1.165, 1.54) is 167 Å². The Balaban J connectivity index is 3.89. The first-order valence-corrected chi connectivity index (χ1v) is 26.6. The Morgan fingerprint density at radius 1 is 0.458 bits per heavy atom. The molecule has 0 aliphatic heterocycles. The number of aliphatic hydroxyl groups excluding tert-OH is 1. The van der Waals surface area contributed by atoms with Crippen LogP contribution in [0.25, 0.3) is 0 Å². The van der Waals surface area contributed by atoms with Crippen molar-refractivity contribution in [2.24, 2.45) is 0 Å². The molecule has 0 aromatic rings. The van der Waals surface area contributed by atoms with Gasteiger partial charge >= 0.3 is 0 Å². The molecule has 7 heteroatoms. The van der Waals surface area contributed by atoms with Gasteiger partial charge in [0.25, 0.3) is 10.1 Å². The van der Waals surface area contributed by atoms with E-state index >= 15 is 0 Å². The molecule has 0 saturated heterocycles. The Bertz CT molecular complexity index is 1160. The smallest absolute Gasteiger partial charge is 0.267 e. The van der Waals surface area contributed by atoms with Crippen molar-refractivity contribution in [1.29, 1.82) is 0 Å². The second kappa shape index (κ2) is 45.6. The Hall–Kier alpha value is -1.96. The van der Waals surface area contributed by atoms with E-state index < -0.39 is 28.0 Å². The Morgan fingerprint density at radius 2 is 0.780 bits per heavy atom. The van der Waals surface area contributed by atoms with Crippen LogP contribution in [0.5, 0.6) is 0 Å². The number of rotatable bonds is 45. The molecular formula is C52H95NO5S. The van der Waals surface area contributed by atoms with Crippen LogP contribution in [0.4, 0.5) is 0 Å². The third-order valence-electron chi connectivity index (χ3n) is 11.2. The maximum absolute atomic E-state index is 12.6. The highest BCUT2D eigenvalue weighted by Gasteiger charge is 2.24. The quantitative estimate of drug-likeness (QED) is 0.0322. The summed E-state index contributed by atoms with van der Waals surface area (Å²) in [5.41, 5.74) is 0. The van der Waals surface area contributed by atoms with E-state index in [0.717, 1.165) is 57.8 Å². The average molecular weight is 846 g/mol. The van der Waals surface area contributed by atoms with Crippen LogP contribution < -0.4 is 5.32 Å². The zero-order chi connectivity index (χ0) is 43.2. The SMILES string of the molecule is CCCCCCC/C=C\C/C=C\C/C=C\CCCCCCCCCCC(=O)NC(CS(=O)(=O)O)C(O)/C=C/CC/C=C/CCCCCCCCCCCCCCCCC. The minimum atomic E-state index is -4.36. The number of carbonyl (C=O) groups is 1. The zero-order valence-electron chi connectivity index (χ0n) is 38.6. The lowest BCUT2D eigenvalue weighted by atomic mass is 10.0. The van der Waals surface area contributed by atoms with Gasteiger partial charge in [-0.3, -0.25) is 9.35 Å². The van der Waals surface area contributed by atoms with E-state index in [2.05, 4.69) is 67.8 Å². The maximum Gasteiger partial charge on any atom is 0.267 e. The van der Waals surface area contributed by atoms with Crippen molar-refractivity contribution in [2.75, 3.05) is 5.75 Å². The molecule has 1 amide bonds. The Kier molecular flexibility index (Phi) is 44.1. The first-order chi connectivity index (χ1) is 28.8. The number of hydrogen-bond acceptors (Lipinski definition) is 4. The molecule has 0 aliphatic rings. The van der Waals surface area contributed by atoms with E-state index in [1.54, 1.807) is 0 Å². The van der Waals surface area contributed by atoms with E-state index in [1.807, 2.05) is 6.08 Å². The fourth-order valence-electron chi connectivity index (χ4n) is 7.41. The van der Waals surface area contributed by atoms with E-state index in [4.69, 9.17) is 0 Å². The Labute approximate surface area is 366 Å². The van der Waals surface area contributed by atoms with Crippen molar-refractivity contribution in [1.82, 2.24) is 5.32 Å². The average Bonchev–Trinajstić information content (AvgIpc) is 3.20. The molecule has 0 aromatic heterocycles. The molecule has 0 fully saturated rings. The molecule has 59 heavy (non-hydrogen) atoms. The van der Waals surface area contributed by atoms with Crippen LogP contribution >= 0.6 is 0 Å². The summed E-state index contributed by atoms with van der Waals surface area (Å²) in [7, 11) is -4.36. The van der Waals surface area contributed by atoms with Gasteiger partial charge in [0.2, 0.25) is 5.91 Å². The van der Waals surface area contributed by atoms with Crippen LogP contribution in [0.3, 0.4) is 0 Å². The van der Waals surface area contributed by atoms with E-state index in [9.17, 15) is 22.9 Å². The molecule has 0 aliphatic carbocycles. The maximum atomic E-state index is 12.6. The molecule has 2 atom stereocenters. The van der Waals surface area contributed by atoms with Gasteiger partial charge in [0, 0.05) is 6.42 Å². The highest BCUT2D eigenvalue weighted by molar-refractivity contribution is 7.85. The molecule has 6 nitrogen and oxygen atoms in total. The molecule has 0 radical (unpaired) electrons. The van der Waals surface area contributed by atoms with Gasteiger partial charge in [0.15, 0.2) is 0 Å². The molecule has 0 saturated carbocycles. The summed E-state index contributed by atoms with van der Waals surface area (Å²) in [4.78, 5) is 12.6. The number of carbonyl (C=O) groups excluding carboxylic acids is 1. The van der Waals surface area contributed by atoms with Crippen LogP contribution in [0.1, 0.15) is 245 Å². The van der Waals surface area contributed by atoms with E-state index in [0.29, 0.717) is 6.42 Å². The summed E-state index contributed by atoms with van der Waals surface area (Å²) in [5, 5.41) is 13.3. The summed E-state index contributed by atoms with van der Waals surface area (Å²) >= 11 is 0. The minimum absolute atomic E-state index is 0.278. The molecule has 2 unspecified atom stereocenters. The summed E-state index contributed by atoms with van der Waals surface area (Å²) in [6.07, 6.45) is 63.7. The van der Waals surface area contributed by atoms with Crippen LogP contribution in [-0.2, 0) is 14.9 Å². The molecule has 3 N–H and O–H groups in total. The van der Waals surface area contributed by atoms with Crippen LogP contribution in [0.15, 0.2) is 60.8 Å². The van der Waals surface area contributed by atoms with Gasteiger partial charge in [0.1, 0.15) is 0 Å². The Morgan fingerprint density at radius 3 is 1.19 bits per heavy atom. The number of unbranched alkanes of at least 4 members (excludes halogenated alkanes) is 29. The van der Waals surface area contributed by atoms with Gasteiger partial charge in [-0.25, -0.2) is 0 Å². The number of hydrogen-bond donors (Lipinski definition) is 3. The van der Waals surface area contributed by atoms with Gasteiger partial charge in [0.05, 0.1) is 17.9 Å². The number of aliphatic hydroxyl groups is 1. The van der Waals surface area contributed by atoms with Gasteiger partial charge in [-0.05, 0) is 70.6 Å². The van der Waals surface area contributed by atoms with Crippen LogP contribution in [0.2, 0.25) is 0 Å². The third kappa shape index (κ3) is 47.0. The second-order valence-electron chi connectivity index (χ2n) is 17.1. The summed E-state index contributed by atoms with van der Waals surface area (Å²) < 4.78 is 32.7. The topological polar surface area (TPSA) is 104 Å². The molecule has 0 rings (SSSR count). The van der Waals surface area contributed by atoms with Crippen LogP contribution in [0, 0.1) is 0 Å². The monoisotopic (exact) mass is 846 g/mol. The largest absolute Gasteiger partial charge is 0.387 e. The van der Waals surface area contributed by atoms with Crippen molar-refractivity contribution in [3.05, 3.63) is 60.8 Å². The molecule has 0 bridgehead atoms. The van der Waals surface area contributed by atoms with Gasteiger partial charge in [-0.1, -0.05) is 229 Å². The molecular weight excluding hydrogens is 751 g/mol. The van der Waals surface area contributed by atoms with E-state index in [-0.39, 0.29) is 12.3 Å². The molecule has 344 valence electrons. The summed E-state index contributed by atoms with van der Waals surface area (Å²) in [5.74, 6) is -1.01. The number of allylic oxidation sites excluding steroid dienone is 9. The first kappa shape index (κ1) is 57.0. The van der Waals surface area contributed by atoms with Crippen molar-refractivity contribution >= 4 is 16.0 Å². The predicted molar refractivity (Wildman–Crippen MR) is 258 cm³/mol. The van der Waals surface area contributed by atoms with Crippen molar-refractivity contribution in [2.45, 2.75) is 257 Å². The summed E-state index contributed by atoms with van der Waals surface area (Å²) in [6, 6.07) is -1.08. The zero-order valence-corrected chi connectivity index (χ0v) is 39.4. The van der Waals surface area contributed by atoms with Gasteiger partial charge in [-0.2, -0.15) is 8.42 Å². The van der Waals surface area contributed by atoms with Crippen molar-refractivity contribution in [3.8, 4) is 0 Å². The second-order valence-corrected chi connectivity index (χ2v) is 18.6. The lowest BCUT2D eigenvalue weighted by Crippen LogP contribution is -2.46. The third-order valence-corrected chi connectivity index (χ3v) is 11.9. The van der Waals surface area contributed by atoms with Crippen LogP contribution in [-0.4, -0.2) is 41.9 Å². The van der Waals surface area contributed by atoms with Crippen molar-refractivity contribution in [3.63, 3.8) is 0 Å². The standard InChI is InChI=1S/C52H95NO5S/c1-3-5-7-9-11-13-15-17-19-21-23-25-26-28-30-32-34-36-38-40-42-44-46-48-52(55)53-50(49-59(56,57)58)51(54)47-45-43-41-39-37-35-33-31-29-27-24-22-20-18-16-14-12-10-8-6-4-2/h15,17,21,23,26,28,37,39,45,47,50-51,54H,3-14,16,18-20,22,24-25,27,29-36,38,40-44,46,48-49H2,1-2H3,(H,53,55)(H,56,57,58)/b17-15-,23-21-,28-26-,39-37+,47-45+. The van der Waals surface area contributed by atoms with Gasteiger partial charge in [-0.15, -0.1) is 0 Å². The lowest BCUT2D eigenvalue weighted by Gasteiger charge is -2.21. The fraction of sp³-hybridized carbons (Fsp3) is 0.788. The van der Waals surface area contributed by atoms with Crippen molar-refractivity contribution < 1.29 is 22.9 Å². The molecule has 0 spiro atoms. The number of amides is 1. The fourth-order valence-corrected chi connectivity index (χ4v) is 8.15. The normalized spacial score (nSPS) is 13.6. The number of nitrogens with one attached hydrogen (secondary N) is 1. The van der Waals surface area contributed by atoms with Gasteiger partial charge < -0.3 is 10.4 Å². The lowest BCUT2D eigenvalue weighted by molar-refractivity contribution is -0.122.